The van der Waals surface area contributed by atoms with Crippen molar-refractivity contribution in [3.63, 3.8) is 0 Å². The van der Waals surface area contributed by atoms with Crippen molar-refractivity contribution < 1.29 is 4.74 Å². The topological polar surface area (TPSA) is 109 Å². The van der Waals surface area contributed by atoms with Crippen LogP contribution in [0.1, 0.15) is 11.1 Å². The summed E-state index contributed by atoms with van der Waals surface area (Å²) in [6.45, 7) is 0.373. The van der Waals surface area contributed by atoms with E-state index in [1.807, 2.05) is 6.07 Å². The van der Waals surface area contributed by atoms with Gasteiger partial charge in [0, 0.05) is 43.2 Å². The smallest absolute Gasteiger partial charge is 0.222 e. The Morgan fingerprint density at radius 1 is 1.37 bits per heavy atom. The number of hydrogen-bond donors (Lipinski definition) is 3. The van der Waals surface area contributed by atoms with E-state index in [4.69, 9.17) is 22.3 Å². The van der Waals surface area contributed by atoms with Gasteiger partial charge >= 0.3 is 0 Å². The number of aliphatic imine (C=N–C) groups is 1. The second-order valence-corrected chi connectivity index (χ2v) is 5.59. The molecule has 0 fully saturated rings. The number of hydrogen-bond acceptors (Lipinski definition) is 7. The molecule has 0 saturated heterocycles. The van der Waals surface area contributed by atoms with E-state index in [-0.39, 0.29) is 5.71 Å². The molecule has 0 aliphatic carbocycles. The molecular formula is C20H18N6O. The summed E-state index contributed by atoms with van der Waals surface area (Å²) in [6, 6.07) is 5.34. The van der Waals surface area contributed by atoms with Crippen LogP contribution >= 0.6 is 0 Å². The summed E-state index contributed by atoms with van der Waals surface area (Å²) in [7, 11) is 1.76. The fraction of sp³-hybridized carbons (Fsp3) is 0.100. The number of nitrogens with one attached hydrogen (secondary N) is 2. The Bertz CT molecular complexity index is 996. The summed E-state index contributed by atoms with van der Waals surface area (Å²) in [4.78, 5) is 12.9. The third kappa shape index (κ3) is 4.08. The van der Waals surface area contributed by atoms with E-state index in [2.05, 4.69) is 26.2 Å². The van der Waals surface area contributed by atoms with Crippen LogP contribution < -0.4 is 15.8 Å². The molecule has 1 aliphatic rings. The molecule has 7 heteroatoms. The zero-order valence-corrected chi connectivity index (χ0v) is 14.7. The standard InChI is InChI=1S/C20H18N6O/c1-3-13-4-5-15(20-24-11-14(10-21)12-25-20)18(8-13)27-19-9-17(26-19)16(22)6-7-23-2/h1,4-9,11-12,22-23H,10,21H2,2H3/b7-6-,22-16?. The number of terminal acetylenes is 1. The maximum Gasteiger partial charge on any atom is 0.222 e. The second-order valence-electron chi connectivity index (χ2n) is 5.59. The maximum atomic E-state index is 7.88. The molecule has 1 aromatic carbocycles. The van der Waals surface area contributed by atoms with Crippen molar-refractivity contribution in [1.29, 1.82) is 5.41 Å². The van der Waals surface area contributed by atoms with E-state index in [1.165, 1.54) is 0 Å². The third-order valence-corrected chi connectivity index (χ3v) is 3.73. The molecule has 0 atom stereocenters. The highest BCUT2D eigenvalue weighted by Crippen LogP contribution is 2.31. The summed E-state index contributed by atoms with van der Waals surface area (Å²) < 4.78 is 5.86. The quantitative estimate of drug-likeness (QED) is 0.518. The van der Waals surface area contributed by atoms with Gasteiger partial charge in [-0.2, -0.15) is 0 Å². The van der Waals surface area contributed by atoms with Crippen molar-refractivity contribution in [3.05, 3.63) is 66.0 Å². The molecule has 27 heavy (non-hydrogen) atoms. The fourth-order valence-electron chi connectivity index (χ4n) is 2.27. The van der Waals surface area contributed by atoms with Gasteiger partial charge in [-0.1, -0.05) is 5.92 Å². The van der Waals surface area contributed by atoms with E-state index >= 15 is 0 Å². The molecule has 0 radical (unpaired) electrons. The summed E-state index contributed by atoms with van der Waals surface area (Å²) in [6.07, 6.45) is 13.8. The molecule has 1 aliphatic heterocycles. The van der Waals surface area contributed by atoms with Crippen LogP contribution in [0.15, 0.2) is 59.8 Å². The average molecular weight is 358 g/mol. The van der Waals surface area contributed by atoms with Gasteiger partial charge in [0.1, 0.15) is 5.75 Å². The minimum atomic E-state index is 0.287. The van der Waals surface area contributed by atoms with Crippen LogP contribution in [0.3, 0.4) is 0 Å². The summed E-state index contributed by atoms with van der Waals surface area (Å²) in [5, 5.41) is 10.7. The largest absolute Gasteiger partial charge is 0.438 e. The lowest BCUT2D eigenvalue weighted by Gasteiger charge is -2.16. The molecule has 0 spiro atoms. The molecule has 1 aromatic heterocycles. The molecule has 0 bridgehead atoms. The van der Waals surface area contributed by atoms with Gasteiger partial charge in [0.2, 0.25) is 5.88 Å². The molecule has 134 valence electrons. The molecule has 7 nitrogen and oxygen atoms in total. The number of rotatable bonds is 7. The Kier molecular flexibility index (Phi) is 5.40. The monoisotopic (exact) mass is 358 g/mol. The van der Waals surface area contributed by atoms with Gasteiger partial charge in [-0.25, -0.2) is 15.0 Å². The molecule has 3 rings (SSSR count). The van der Waals surface area contributed by atoms with Crippen LogP contribution in [-0.2, 0) is 6.54 Å². The van der Waals surface area contributed by atoms with Gasteiger partial charge in [-0.05, 0) is 30.5 Å². The van der Waals surface area contributed by atoms with E-state index in [9.17, 15) is 0 Å². The number of nitrogens with two attached hydrogens (primary N) is 1. The Hall–Kier alpha value is -3.76. The van der Waals surface area contributed by atoms with Crippen LogP contribution in [0.2, 0.25) is 0 Å². The summed E-state index contributed by atoms with van der Waals surface area (Å²) in [5.41, 5.74) is 8.61. The Balaban J connectivity index is 1.84. The van der Waals surface area contributed by atoms with Crippen LogP contribution in [0.4, 0.5) is 0 Å². The number of aromatic nitrogens is 2. The van der Waals surface area contributed by atoms with E-state index in [0.29, 0.717) is 40.8 Å². The van der Waals surface area contributed by atoms with Gasteiger partial charge in [0.05, 0.1) is 17.0 Å². The lowest BCUT2D eigenvalue weighted by atomic mass is 10.1. The minimum Gasteiger partial charge on any atom is -0.438 e. The zero-order valence-electron chi connectivity index (χ0n) is 14.7. The predicted octanol–water partition coefficient (Wildman–Crippen LogP) is 2.01. The normalized spacial score (nSPS) is 12.6. The minimum absolute atomic E-state index is 0.287. The van der Waals surface area contributed by atoms with Crippen molar-refractivity contribution in [3.8, 4) is 29.5 Å². The molecule has 0 amide bonds. The first-order valence-corrected chi connectivity index (χ1v) is 8.17. The van der Waals surface area contributed by atoms with E-state index in [0.717, 1.165) is 5.56 Å². The SMILES string of the molecule is C#Cc1ccc(-c2ncc(CN)cn2)c(OC2=CC(C(=N)/C=C\NC)=N2)c1. The van der Waals surface area contributed by atoms with Crippen molar-refractivity contribution in [2.45, 2.75) is 6.54 Å². The first kappa shape index (κ1) is 18.0. The molecule has 0 unspecified atom stereocenters. The van der Waals surface area contributed by atoms with Gasteiger partial charge < -0.3 is 15.8 Å². The third-order valence-electron chi connectivity index (χ3n) is 3.73. The highest BCUT2D eigenvalue weighted by atomic mass is 16.5. The van der Waals surface area contributed by atoms with E-state index in [1.54, 1.807) is 49.9 Å². The lowest BCUT2D eigenvalue weighted by molar-refractivity contribution is 0.418. The number of allylic oxidation sites excluding steroid dienone is 2. The Labute approximate surface area is 157 Å². The number of ether oxygens (including phenoxy) is 1. The highest BCUT2D eigenvalue weighted by Gasteiger charge is 2.18. The lowest BCUT2D eigenvalue weighted by Crippen LogP contribution is -2.18. The fourth-order valence-corrected chi connectivity index (χ4v) is 2.27. The zero-order chi connectivity index (χ0) is 19.2. The second kappa shape index (κ2) is 8.08. The maximum absolute atomic E-state index is 7.88. The van der Waals surface area contributed by atoms with Crippen molar-refractivity contribution in [2.75, 3.05) is 7.05 Å². The molecule has 0 saturated carbocycles. The van der Waals surface area contributed by atoms with Gasteiger partial charge in [0.15, 0.2) is 5.82 Å². The number of nitrogens with zero attached hydrogens (tertiary/aromatic N) is 3. The van der Waals surface area contributed by atoms with Crippen LogP contribution in [-0.4, -0.2) is 28.4 Å². The Morgan fingerprint density at radius 3 is 2.74 bits per heavy atom. The average Bonchev–Trinajstić information content (AvgIpc) is 2.68. The van der Waals surface area contributed by atoms with Crippen molar-refractivity contribution >= 4 is 11.4 Å². The number of benzene rings is 1. The molecular weight excluding hydrogens is 340 g/mol. The summed E-state index contributed by atoms with van der Waals surface area (Å²) in [5.74, 6) is 3.97. The first-order valence-electron chi connectivity index (χ1n) is 8.17. The Morgan fingerprint density at radius 2 is 2.11 bits per heavy atom. The molecule has 2 heterocycles. The van der Waals surface area contributed by atoms with Crippen molar-refractivity contribution in [2.24, 2.45) is 10.7 Å². The van der Waals surface area contributed by atoms with E-state index < -0.39 is 0 Å². The van der Waals surface area contributed by atoms with Crippen LogP contribution in [0, 0.1) is 17.8 Å². The highest BCUT2D eigenvalue weighted by molar-refractivity contribution is 6.50. The van der Waals surface area contributed by atoms with Gasteiger partial charge in [0.25, 0.3) is 0 Å². The van der Waals surface area contributed by atoms with Crippen molar-refractivity contribution in [1.82, 2.24) is 15.3 Å². The first-order chi connectivity index (χ1) is 13.1. The van der Waals surface area contributed by atoms with Gasteiger partial charge in [-0.3, -0.25) is 5.41 Å². The summed E-state index contributed by atoms with van der Waals surface area (Å²) >= 11 is 0. The molecule has 2 aromatic rings. The van der Waals surface area contributed by atoms with Gasteiger partial charge in [-0.15, -0.1) is 6.42 Å². The molecule has 4 N–H and O–H groups in total. The van der Waals surface area contributed by atoms with Crippen LogP contribution in [0.5, 0.6) is 5.75 Å². The van der Waals surface area contributed by atoms with Crippen LogP contribution in [0.25, 0.3) is 11.4 Å². The predicted molar refractivity (Wildman–Crippen MR) is 105 cm³/mol.